The fourth-order valence-corrected chi connectivity index (χ4v) is 4.58. The lowest BCUT2D eigenvalue weighted by atomic mass is 9.88. The van der Waals surface area contributed by atoms with Gasteiger partial charge in [0.1, 0.15) is 5.82 Å². The third-order valence-electron chi connectivity index (χ3n) is 5.09. The zero-order valence-corrected chi connectivity index (χ0v) is 17.0. The van der Waals surface area contributed by atoms with E-state index in [1.807, 2.05) is 29.7 Å². The molecule has 0 saturated heterocycles. The molecule has 5 nitrogen and oxygen atoms in total. The van der Waals surface area contributed by atoms with Gasteiger partial charge in [0.05, 0.1) is 11.8 Å². The van der Waals surface area contributed by atoms with E-state index in [0.29, 0.717) is 5.75 Å². The number of hydrogen-bond donors (Lipinski definition) is 1. The van der Waals surface area contributed by atoms with Crippen LogP contribution >= 0.6 is 11.8 Å². The zero-order chi connectivity index (χ0) is 19.5. The lowest BCUT2D eigenvalue weighted by Crippen LogP contribution is -2.32. The minimum absolute atomic E-state index is 0.0307. The Labute approximate surface area is 169 Å². The van der Waals surface area contributed by atoms with Crippen molar-refractivity contribution < 1.29 is 4.79 Å². The maximum Gasteiger partial charge on any atom is 0.230 e. The summed E-state index contributed by atoms with van der Waals surface area (Å²) >= 11 is 1.42. The van der Waals surface area contributed by atoms with Gasteiger partial charge in [-0.05, 0) is 61.9 Å². The van der Waals surface area contributed by atoms with E-state index in [1.54, 1.807) is 0 Å². The lowest BCUT2D eigenvalue weighted by molar-refractivity contribution is -0.119. The lowest BCUT2D eigenvalue weighted by Gasteiger charge is -2.26. The van der Waals surface area contributed by atoms with E-state index in [1.165, 1.54) is 28.5 Å². The van der Waals surface area contributed by atoms with Gasteiger partial charge in [0.15, 0.2) is 5.16 Å². The van der Waals surface area contributed by atoms with Crippen molar-refractivity contribution in [3.05, 3.63) is 71.0 Å². The molecule has 0 fully saturated rings. The number of fused-ring (bicyclic) bond motifs is 1. The fraction of sp³-hybridized carbons (Fsp3) is 0.318. The standard InChI is InChI=1S/C22H24N4OS/c1-15-7-5-10-18(13-15)26-16(2)24-25-22(26)28-14-21(27)23-20-12-6-9-17-8-3-4-11-19(17)20/h3-5,7-8,10-11,13,20H,6,9,12,14H2,1-2H3,(H,23,27)/t20-/m0/s1. The SMILES string of the molecule is Cc1cccc(-n2c(C)nnc2SCC(=O)N[C@H]2CCCc3ccccc32)c1. The normalized spacial score (nSPS) is 15.9. The van der Waals surface area contributed by atoms with Crippen LogP contribution in [0.4, 0.5) is 0 Å². The van der Waals surface area contributed by atoms with Crippen LogP contribution in [0, 0.1) is 13.8 Å². The molecular formula is C22H24N4OS. The van der Waals surface area contributed by atoms with Gasteiger partial charge in [-0.3, -0.25) is 9.36 Å². The van der Waals surface area contributed by atoms with Crippen LogP contribution in [-0.2, 0) is 11.2 Å². The number of benzene rings is 2. The first kappa shape index (κ1) is 18.7. The number of aryl methyl sites for hydroxylation is 3. The number of amides is 1. The highest BCUT2D eigenvalue weighted by molar-refractivity contribution is 7.99. The molecule has 0 spiro atoms. The van der Waals surface area contributed by atoms with Crippen molar-refractivity contribution in [3.8, 4) is 5.69 Å². The molecule has 0 saturated carbocycles. The molecule has 28 heavy (non-hydrogen) atoms. The first-order valence-electron chi connectivity index (χ1n) is 9.61. The molecule has 1 aliphatic carbocycles. The van der Waals surface area contributed by atoms with E-state index in [2.05, 4.69) is 52.8 Å². The maximum absolute atomic E-state index is 12.6. The topological polar surface area (TPSA) is 59.8 Å². The van der Waals surface area contributed by atoms with Crippen LogP contribution in [0.2, 0.25) is 0 Å². The van der Waals surface area contributed by atoms with Crippen LogP contribution in [0.5, 0.6) is 0 Å². The number of aromatic nitrogens is 3. The van der Waals surface area contributed by atoms with Crippen molar-refractivity contribution in [2.75, 3.05) is 5.75 Å². The average molecular weight is 393 g/mol. The minimum atomic E-state index is 0.0307. The van der Waals surface area contributed by atoms with Crippen LogP contribution in [0.25, 0.3) is 5.69 Å². The predicted octanol–water partition coefficient (Wildman–Crippen LogP) is 4.17. The van der Waals surface area contributed by atoms with Gasteiger partial charge in [-0.15, -0.1) is 10.2 Å². The van der Waals surface area contributed by atoms with Crippen molar-refractivity contribution in [1.82, 2.24) is 20.1 Å². The summed E-state index contributed by atoms with van der Waals surface area (Å²) in [7, 11) is 0. The van der Waals surface area contributed by atoms with E-state index in [0.717, 1.165) is 35.9 Å². The third kappa shape index (κ3) is 3.97. The second-order valence-corrected chi connectivity index (χ2v) is 8.15. The number of nitrogens with one attached hydrogen (secondary N) is 1. The first-order valence-corrected chi connectivity index (χ1v) is 10.6. The fourth-order valence-electron chi connectivity index (χ4n) is 3.77. The van der Waals surface area contributed by atoms with Gasteiger partial charge in [0, 0.05) is 5.69 Å². The molecule has 0 aliphatic heterocycles. The highest BCUT2D eigenvalue weighted by Crippen LogP contribution is 2.30. The molecule has 1 aliphatic rings. The van der Waals surface area contributed by atoms with Crippen LogP contribution in [0.1, 0.15) is 41.4 Å². The van der Waals surface area contributed by atoms with E-state index in [4.69, 9.17) is 0 Å². The van der Waals surface area contributed by atoms with Gasteiger partial charge in [0.25, 0.3) is 0 Å². The number of carbonyl (C=O) groups is 1. The number of rotatable bonds is 5. The highest BCUT2D eigenvalue weighted by atomic mass is 32.2. The van der Waals surface area contributed by atoms with Crippen LogP contribution < -0.4 is 5.32 Å². The summed E-state index contributed by atoms with van der Waals surface area (Å²) < 4.78 is 2.00. The van der Waals surface area contributed by atoms with Crippen LogP contribution in [-0.4, -0.2) is 26.4 Å². The minimum Gasteiger partial charge on any atom is -0.349 e. The number of thioether (sulfide) groups is 1. The van der Waals surface area contributed by atoms with Gasteiger partial charge in [0.2, 0.25) is 5.91 Å². The van der Waals surface area contributed by atoms with Crippen molar-refractivity contribution >= 4 is 17.7 Å². The summed E-state index contributed by atoms with van der Waals surface area (Å²) in [5, 5.41) is 12.4. The van der Waals surface area contributed by atoms with E-state index in [9.17, 15) is 4.79 Å². The highest BCUT2D eigenvalue weighted by Gasteiger charge is 2.22. The van der Waals surface area contributed by atoms with Crippen molar-refractivity contribution in [1.29, 1.82) is 0 Å². The molecule has 1 atom stereocenters. The number of hydrogen-bond acceptors (Lipinski definition) is 4. The molecule has 0 unspecified atom stereocenters. The molecule has 0 bridgehead atoms. The predicted molar refractivity (Wildman–Crippen MR) is 112 cm³/mol. The van der Waals surface area contributed by atoms with E-state index >= 15 is 0 Å². The van der Waals surface area contributed by atoms with Crippen LogP contribution in [0.15, 0.2) is 53.7 Å². The molecular weight excluding hydrogens is 368 g/mol. The summed E-state index contributed by atoms with van der Waals surface area (Å²) in [4.78, 5) is 12.6. The summed E-state index contributed by atoms with van der Waals surface area (Å²) in [5.41, 5.74) is 4.80. The molecule has 1 heterocycles. The van der Waals surface area contributed by atoms with Gasteiger partial charge < -0.3 is 5.32 Å². The summed E-state index contributed by atoms with van der Waals surface area (Å²) in [6.07, 6.45) is 3.19. The summed E-state index contributed by atoms with van der Waals surface area (Å²) in [6.45, 7) is 3.99. The summed E-state index contributed by atoms with van der Waals surface area (Å²) in [5.74, 6) is 1.17. The maximum atomic E-state index is 12.6. The van der Waals surface area contributed by atoms with Gasteiger partial charge in [-0.2, -0.15) is 0 Å². The Morgan fingerprint density at radius 2 is 2.04 bits per heavy atom. The summed E-state index contributed by atoms with van der Waals surface area (Å²) in [6, 6.07) is 16.7. The molecule has 144 valence electrons. The van der Waals surface area contributed by atoms with Crippen molar-refractivity contribution in [2.45, 2.75) is 44.3 Å². The Balaban J connectivity index is 1.44. The molecule has 4 rings (SSSR count). The quantitative estimate of drug-likeness (QED) is 0.662. The second-order valence-electron chi connectivity index (χ2n) is 7.20. The molecule has 1 N–H and O–H groups in total. The van der Waals surface area contributed by atoms with E-state index < -0.39 is 0 Å². The van der Waals surface area contributed by atoms with Crippen LogP contribution in [0.3, 0.4) is 0 Å². The first-order chi connectivity index (χ1) is 13.6. The second kappa shape index (κ2) is 8.19. The van der Waals surface area contributed by atoms with Gasteiger partial charge in [-0.25, -0.2) is 0 Å². The Kier molecular flexibility index (Phi) is 5.48. The Bertz CT molecular complexity index is 998. The largest absolute Gasteiger partial charge is 0.349 e. The Morgan fingerprint density at radius 1 is 1.18 bits per heavy atom. The Hall–Kier alpha value is -2.60. The number of carbonyl (C=O) groups excluding carboxylic acids is 1. The molecule has 0 radical (unpaired) electrons. The third-order valence-corrected chi connectivity index (χ3v) is 6.02. The zero-order valence-electron chi connectivity index (χ0n) is 16.2. The number of nitrogens with zero attached hydrogens (tertiary/aromatic N) is 3. The van der Waals surface area contributed by atoms with E-state index in [-0.39, 0.29) is 11.9 Å². The average Bonchev–Trinajstić information content (AvgIpc) is 3.07. The van der Waals surface area contributed by atoms with Gasteiger partial charge >= 0.3 is 0 Å². The molecule has 1 amide bonds. The Morgan fingerprint density at radius 3 is 2.89 bits per heavy atom. The van der Waals surface area contributed by atoms with Crippen molar-refractivity contribution in [2.24, 2.45) is 0 Å². The smallest absolute Gasteiger partial charge is 0.230 e. The monoisotopic (exact) mass is 392 g/mol. The molecule has 2 aromatic carbocycles. The molecule has 6 heteroatoms. The van der Waals surface area contributed by atoms with Gasteiger partial charge in [-0.1, -0.05) is 48.2 Å². The van der Waals surface area contributed by atoms with Crippen molar-refractivity contribution in [3.63, 3.8) is 0 Å². The molecule has 3 aromatic rings. The molecule has 1 aromatic heterocycles.